The third kappa shape index (κ3) is 3.64. The van der Waals surface area contributed by atoms with Crippen molar-refractivity contribution in [3.63, 3.8) is 0 Å². The number of hydrogen-bond acceptors (Lipinski definition) is 5. The van der Waals surface area contributed by atoms with Crippen LogP contribution >= 0.6 is 15.9 Å². The van der Waals surface area contributed by atoms with E-state index in [0.717, 1.165) is 49.4 Å². The molecule has 1 aliphatic rings. The van der Waals surface area contributed by atoms with Crippen LogP contribution in [-0.2, 0) is 0 Å². The average Bonchev–Trinajstić information content (AvgIpc) is 2.46. The van der Waals surface area contributed by atoms with Gasteiger partial charge < -0.3 is 10.6 Å². The normalized spacial score (nSPS) is 18.6. The van der Waals surface area contributed by atoms with E-state index in [1.807, 2.05) is 0 Å². The van der Waals surface area contributed by atoms with Crippen LogP contribution in [0.25, 0.3) is 0 Å². The number of nitrogens with zero attached hydrogens (tertiary/aromatic N) is 4. The van der Waals surface area contributed by atoms with Gasteiger partial charge in [-0.15, -0.1) is 0 Å². The molecule has 0 radical (unpaired) electrons. The topological polar surface area (TPSA) is 58.3 Å². The fourth-order valence-electron chi connectivity index (χ4n) is 2.68. The van der Waals surface area contributed by atoms with Crippen molar-refractivity contribution in [3.8, 4) is 0 Å². The molecule has 1 fully saturated rings. The van der Waals surface area contributed by atoms with Crippen LogP contribution < -0.4 is 10.6 Å². The van der Waals surface area contributed by atoms with Crippen molar-refractivity contribution < 1.29 is 0 Å². The molecular formula is C13H22BrN5. The molecule has 5 nitrogen and oxygen atoms in total. The van der Waals surface area contributed by atoms with Gasteiger partial charge in [0.2, 0.25) is 0 Å². The third-order valence-electron chi connectivity index (χ3n) is 3.75. The molecule has 1 unspecified atom stereocenters. The lowest BCUT2D eigenvalue weighted by molar-refractivity contribution is 0.173. The molecule has 2 heterocycles. The van der Waals surface area contributed by atoms with Gasteiger partial charge in [-0.2, -0.15) is 0 Å². The number of nitrogens with two attached hydrogens (primary N) is 1. The summed E-state index contributed by atoms with van der Waals surface area (Å²) in [6, 6.07) is 0.626. The quantitative estimate of drug-likeness (QED) is 0.887. The molecule has 6 heteroatoms. The summed E-state index contributed by atoms with van der Waals surface area (Å²) >= 11 is 3.52. The van der Waals surface area contributed by atoms with E-state index in [-0.39, 0.29) is 0 Å². The minimum atomic E-state index is 0.626. The van der Waals surface area contributed by atoms with Crippen LogP contribution in [0.3, 0.4) is 0 Å². The molecule has 1 atom stereocenters. The van der Waals surface area contributed by atoms with Crippen LogP contribution in [0.1, 0.15) is 19.8 Å². The summed E-state index contributed by atoms with van der Waals surface area (Å²) in [5.41, 5.74) is 5.69. The molecule has 0 amide bonds. The first-order chi connectivity index (χ1) is 9.26. The Morgan fingerprint density at radius 1 is 1.37 bits per heavy atom. The van der Waals surface area contributed by atoms with Gasteiger partial charge in [-0.25, -0.2) is 9.97 Å². The maximum absolute atomic E-state index is 5.69. The molecule has 1 aromatic heterocycles. The van der Waals surface area contributed by atoms with Crippen molar-refractivity contribution in [3.05, 3.63) is 17.0 Å². The van der Waals surface area contributed by atoms with Crippen LogP contribution in [0.4, 0.5) is 5.82 Å². The molecule has 1 aromatic rings. The molecular weight excluding hydrogens is 306 g/mol. The molecule has 0 spiro atoms. The molecule has 2 rings (SSSR count). The summed E-state index contributed by atoms with van der Waals surface area (Å²) in [5, 5.41) is 0. The van der Waals surface area contributed by atoms with Crippen LogP contribution in [0.15, 0.2) is 17.0 Å². The Hall–Kier alpha value is -0.720. The molecule has 0 saturated carbocycles. The molecule has 106 valence electrons. The highest BCUT2D eigenvalue weighted by molar-refractivity contribution is 9.10. The lowest BCUT2D eigenvalue weighted by Gasteiger charge is -2.39. The van der Waals surface area contributed by atoms with E-state index in [1.54, 1.807) is 12.5 Å². The summed E-state index contributed by atoms with van der Waals surface area (Å²) in [7, 11) is 0. The molecule has 2 N–H and O–H groups in total. The minimum absolute atomic E-state index is 0.626. The monoisotopic (exact) mass is 327 g/mol. The molecule has 19 heavy (non-hydrogen) atoms. The van der Waals surface area contributed by atoms with Gasteiger partial charge in [0.15, 0.2) is 0 Å². The van der Waals surface area contributed by atoms with E-state index in [0.29, 0.717) is 6.04 Å². The maximum Gasteiger partial charge on any atom is 0.146 e. The van der Waals surface area contributed by atoms with Crippen LogP contribution in [0.5, 0.6) is 0 Å². The highest BCUT2D eigenvalue weighted by Gasteiger charge is 2.23. The molecule has 0 bridgehead atoms. The van der Waals surface area contributed by atoms with Gasteiger partial charge in [0, 0.05) is 38.4 Å². The van der Waals surface area contributed by atoms with Crippen LogP contribution in [0.2, 0.25) is 0 Å². The number of rotatable bonds is 5. The summed E-state index contributed by atoms with van der Waals surface area (Å²) in [6.07, 6.45) is 5.68. The Bertz CT molecular complexity index is 392. The molecule has 0 aliphatic carbocycles. The zero-order chi connectivity index (χ0) is 13.7. The summed E-state index contributed by atoms with van der Waals surface area (Å²) in [4.78, 5) is 13.2. The van der Waals surface area contributed by atoms with Crippen molar-refractivity contribution in [2.24, 2.45) is 5.73 Å². The van der Waals surface area contributed by atoms with Crippen molar-refractivity contribution in [2.45, 2.75) is 25.8 Å². The Labute approximate surface area is 123 Å². The first-order valence-corrected chi connectivity index (χ1v) is 7.70. The molecule has 1 aliphatic heterocycles. The number of aromatic nitrogens is 2. The highest BCUT2D eigenvalue weighted by atomic mass is 79.9. The first kappa shape index (κ1) is 14.7. The second-order valence-electron chi connectivity index (χ2n) is 4.86. The van der Waals surface area contributed by atoms with E-state index in [2.05, 4.69) is 42.6 Å². The number of anilines is 1. The fraction of sp³-hybridized carbons (Fsp3) is 0.692. The van der Waals surface area contributed by atoms with E-state index in [4.69, 9.17) is 5.73 Å². The van der Waals surface area contributed by atoms with E-state index < -0.39 is 0 Å². The van der Waals surface area contributed by atoms with E-state index in [9.17, 15) is 0 Å². The lowest BCUT2D eigenvalue weighted by atomic mass is 10.1. The van der Waals surface area contributed by atoms with Crippen molar-refractivity contribution in [2.75, 3.05) is 37.6 Å². The first-order valence-electron chi connectivity index (χ1n) is 6.90. The number of hydrogen-bond donors (Lipinski definition) is 1. The molecule has 0 aromatic carbocycles. The highest BCUT2D eigenvalue weighted by Crippen LogP contribution is 2.23. The van der Waals surface area contributed by atoms with Crippen LogP contribution in [-0.4, -0.2) is 53.6 Å². The average molecular weight is 328 g/mol. The van der Waals surface area contributed by atoms with Gasteiger partial charge in [-0.1, -0.05) is 6.92 Å². The van der Waals surface area contributed by atoms with Gasteiger partial charge in [-0.05, 0) is 35.3 Å². The zero-order valence-electron chi connectivity index (χ0n) is 11.4. The smallest absolute Gasteiger partial charge is 0.146 e. The SMILES string of the molecule is CCC(CCN)N1CCN(c2ncncc2Br)CC1. The van der Waals surface area contributed by atoms with Gasteiger partial charge in [0.1, 0.15) is 12.1 Å². The second-order valence-corrected chi connectivity index (χ2v) is 5.71. The Kier molecular flexibility index (Phi) is 5.54. The maximum atomic E-state index is 5.69. The Morgan fingerprint density at radius 2 is 2.11 bits per heavy atom. The standard InChI is InChI=1S/C13H22BrN5/c1-2-11(3-4-15)18-5-7-19(8-6-18)13-12(14)9-16-10-17-13/h9-11H,2-8,15H2,1H3. The van der Waals surface area contributed by atoms with Gasteiger partial charge in [-0.3, -0.25) is 4.90 Å². The largest absolute Gasteiger partial charge is 0.353 e. The minimum Gasteiger partial charge on any atom is -0.353 e. The predicted molar refractivity (Wildman–Crippen MR) is 81.3 cm³/mol. The van der Waals surface area contributed by atoms with Crippen molar-refractivity contribution in [1.82, 2.24) is 14.9 Å². The van der Waals surface area contributed by atoms with Gasteiger partial charge in [0.05, 0.1) is 4.47 Å². The summed E-state index contributed by atoms with van der Waals surface area (Å²) in [5.74, 6) is 1.00. The number of halogens is 1. The van der Waals surface area contributed by atoms with Gasteiger partial charge in [0.25, 0.3) is 0 Å². The van der Waals surface area contributed by atoms with Crippen molar-refractivity contribution in [1.29, 1.82) is 0 Å². The van der Waals surface area contributed by atoms with Gasteiger partial charge >= 0.3 is 0 Å². The summed E-state index contributed by atoms with van der Waals surface area (Å²) < 4.78 is 0.970. The van der Waals surface area contributed by atoms with E-state index >= 15 is 0 Å². The van der Waals surface area contributed by atoms with Crippen LogP contribution in [0, 0.1) is 0 Å². The predicted octanol–water partition coefficient (Wildman–Crippen LogP) is 1.49. The second kappa shape index (κ2) is 7.17. The zero-order valence-corrected chi connectivity index (χ0v) is 13.0. The molecule has 1 saturated heterocycles. The summed E-state index contributed by atoms with van der Waals surface area (Å²) in [6.45, 7) is 7.20. The number of piperazine rings is 1. The Balaban J connectivity index is 1.94. The fourth-order valence-corrected chi connectivity index (χ4v) is 3.15. The Morgan fingerprint density at radius 3 is 2.68 bits per heavy atom. The third-order valence-corrected chi connectivity index (χ3v) is 4.31. The lowest BCUT2D eigenvalue weighted by Crippen LogP contribution is -2.51. The van der Waals surface area contributed by atoms with Crippen molar-refractivity contribution >= 4 is 21.7 Å². The van der Waals surface area contributed by atoms with E-state index in [1.165, 1.54) is 6.42 Å².